The lowest BCUT2D eigenvalue weighted by Crippen LogP contribution is -2.18. The molecular formula is C9H12N4OS2. The van der Waals surface area contributed by atoms with Crippen molar-refractivity contribution in [1.29, 1.82) is 0 Å². The number of aromatic nitrogens is 3. The number of anilines is 1. The number of hydrogen-bond acceptors (Lipinski definition) is 6. The summed E-state index contributed by atoms with van der Waals surface area (Å²) in [5, 5.41) is 8.15. The first-order valence-electron chi connectivity index (χ1n) is 4.81. The maximum atomic E-state index is 11.4. The van der Waals surface area contributed by atoms with Crippen LogP contribution in [0.15, 0.2) is 17.1 Å². The van der Waals surface area contributed by atoms with Crippen molar-refractivity contribution in [2.75, 3.05) is 17.3 Å². The SMILES string of the molecule is CSCC(C)Nc1nn2c(=O)ccnc2s1. The summed E-state index contributed by atoms with van der Waals surface area (Å²) < 4.78 is 1.32. The second-order valence-corrected chi connectivity index (χ2v) is 5.25. The predicted octanol–water partition coefficient (Wildman–Crippen LogP) is 1.31. The van der Waals surface area contributed by atoms with E-state index in [9.17, 15) is 4.79 Å². The van der Waals surface area contributed by atoms with Crippen LogP contribution in [-0.4, -0.2) is 32.6 Å². The highest BCUT2D eigenvalue weighted by atomic mass is 32.2. The molecule has 0 saturated heterocycles. The Morgan fingerprint density at radius 3 is 3.19 bits per heavy atom. The third-order valence-electron chi connectivity index (χ3n) is 1.96. The van der Waals surface area contributed by atoms with Crippen molar-refractivity contribution >= 4 is 33.2 Å². The van der Waals surface area contributed by atoms with E-state index >= 15 is 0 Å². The molecule has 0 saturated carbocycles. The van der Waals surface area contributed by atoms with Gasteiger partial charge in [0.2, 0.25) is 10.1 Å². The van der Waals surface area contributed by atoms with Gasteiger partial charge in [0.25, 0.3) is 5.56 Å². The molecule has 0 aromatic carbocycles. The minimum atomic E-state index is -0.146. The summed E-state index contributed by atoms with van der Waals surface area (Å²) in [5.74, 6) is 0.998. The zero-order valence-corrected chi connectivity index (χ0v) is 10.6. The lowest BCUT2D eigenvalue weighted by Gasteiger charge is -2.09. The molecule has 7 heteroatoms. The number of fused-ring (bicyclic) bond motifs is 1. The van der Waals surface area contributed by atoms with Gasteiger partial charge < -0.3 is 5.32 Å². The first-order chi connectivity index (χ1) is 7.70. The zero-order chi connectivity index (χ0) is 11.5. The van der Waals surface area contributed by atoms with Gasteiger partial charge in [-0.1, -0.05) is 11.3 Å². The van der Waals surface area contributed by atoms with E-state index in [-0.39, 0.29) is 5.56 Å². The molecule has 0 radical (unpaired) electrons. The minimum Gasteiger partial charge on any atom is -0.357 e. The molecule has 5 nitrogen and oxygen atoms in total. The minimum absolute atomic E-state index is 0.146. The molecular weight excluding hydrogens is 244 g/mol. The highest BCUT2D eigenvalue weighted by Crippen LogP contribution is 2.17. The Bertz CT molecular complexity index is 536. The molecule has 0 spiro atoms. The molecule has 0 aliphatic rings. The van der Waals surface area contributed by atoms with Gasteiger partial charge in [0.05, 0.1) is 0 Å². The number of thioether (sulfide) groups is 1. The molecule has 1 N–H and O–H groups in total. The number of rotatable bonds is 4. The van der Waals surface area contributed by atoms with E-state index in [2.05, 4.69) is 28.6 Å². The van der Waals surface area contributed by atoms with E-state index in [0.717, 1.165) is 10.9 Å². The Balaban J connectivity index is 2.26. The summed E-state index contributed by atoms with van der Waals surface area (Å²) in [4.78, 5) is 16.1. The Morgan fingerprint density at radius 2 is 2.50 bits per heavy atom. The van der Waals surface area contributed by atoms with Crippen molar-refractivity contribution in [3.8, 4) is 0 Å². The molecule has 0 aliphatic heterocycles. The van der Waals surface area contributed by atoms with E-state index < -0.39 is 0 Å². The van der Waals surface area contributed by atoms with Crippen molar-refractivity contribution in [3.63, 3.8) is 0 Å². The second-order valence-electron chi connectivity index (χ2n) is 3.39. The Morgan fingerprint density at radius 1 is 1.69 bits per heavy atom. The van der Waals surface area contributed by atoms with Crippen LogP contribution in [0.2, 0.25) is 0 Å². The first-order valence-corrected chi connectivity index (χ1v) is 7.02. The van der Waals surface area contributed by atoms with Crippen molar-refractivity contribution < 1.29 is 0 Å². The Labute approximate surface area is 101 Å². The van der Waals surface area contributed by atoms with Crippen LogP contribution in [0.25, 0.3) is 4.96 Å². The van der Waals surface area contributed by atoms with Gasteiger partial charge in [-0.2, -0.15) is 16.3 Å². The average molecular weight is 256 g/mol. The van der Waals surface area contributed by atoms with Gasteiger partial charge in [-0.15, -0.1) is 5.10 Å². The molecule has 86 valence electrons. The Kier molecular flexibility index (Phi) is 3.45. The van der Waals surface area contributed by atoms with E-state index in [1.54, 1.807) is 11.8 Å². The monoisotopic (exact) mass is 256 g/mol. The molecule has 0 amide bonds. The molecule has 0 aliphatic carbocycles. The van der Waals surface area contributed by atoms with E-state index in [0.29, 0.717) is 11.0 Å². The lowest BCUT2D eigenvalue weighted by molar-refractivity contribution is 0.863. The van der Waals surface area contributed by atoms with Crippen LogP contribution in [-0.2, 0) is 0 Å². The largest absolute Gasteiger partial charge is 0.357 e. The lowest BCUT2D eigenvalue weighted by atomic mass is 10.4. The van der Waals surface area contributed by atoms with E-state index in [1.807, 2.05) is 0 Å². The summed E-state index contributed by atoms with van der Waals surface area (Å²) in [5.41, 5.74) is -0.146. The van der Waals surface area contributed by atoms with Crippen LogP contribution in [0.5, 0.6) is 0 Å². The average Bonchev–Trinajstić information content (AvgIpc) is 2.62. The summed E-state index contributed by atoms with van der Waals surface area (Å²) in [6.45, 7) is 2.08. The van der Waals surface area contributed by atoms with Gasteiger partial charge in [0.15, 0.2) is 0 Å². The molecule has 0 fully saturated rings. The molecule has 1 unspecified atom stereocenters. The first kappa shape index (κ1) is 11.4. The zero-order valence-electron chi connectivity index (χ0n) is 9.01. The predicted molar refractivity (Wildman–Crippen MR) is 68.6 cm³/mol. The second kappa shape index (κ2) is 4.84. The van der Waals surface area contributed by atoms with Crippen molar-refractivity contribution in [2.24, 2.45) is 0 Å². The maximum Gasteiger partial charge on any atom is 0.275 e. The fourth-order valence-corrected chi connectivity index (χ4v) is 2.77. The van der Waals surface area contributed by atoms with Crippen molar-refractivity contribution in [1.82, 2.24) is 14.6 Å². The highest BCUT2D eigenvalue weighted by Gasteiger charge is 2.08. The molecule has 0 bridgehead atoms. The standard InChI is InChI=1S/C9H12N4OS2/c1-6(5-15-2)11-8-12-13-7(14)3-4-10-9(13)16-8/h3-4,6H,5H2,1-2H3,(H,11,12). The van der Waals surface area contributed by atoms with Crippen LogP contribution >= 0.6 is 23.1 Å². The van der Waals surface area contributed by atoms with Crippen LogP contribution < -0.4 is 10.9 Å². The molecule has 2 rings (SSSR count). The third kappa shape index (κ3) is 2.35. The fraction of sp³-hybridized carbons (Fsp3) is 0.444. The Hall–Kier alpha value is -1.08. The normalized spacial score (nSPS) is 12.9. The number of hydrogen-bond donors (Lipinski definition) is 1. The van der Waals surface area contributed by atoms with Crippen molar-refractivity contribution in [2.45, 2.75) is 13.0 Å². The quantitative estimate of drug-likeness (QED) is 0.894. The maximum absolute atomic E-state index is 11.4. The van der Waals surface area contributed by atoms with Crippen LogP contribution in [0, 0.1) is 0 Å². The molecule has 2 heterocycles. The van der Waals surface area contributed by atoms with Crippen LogP contribution in [0.1, 0.15) is 6.92 Å². The van der Waals surface area contributed by atoms with Gasteiger partial charge >= 0.3 is 0 Å². The topological polar surface area (TPSA) is 59.3 Å². The van der Waals surface area contributed by atoms with Crippen molar-refractivity contribution in [3.05, 3.63) is 22.6 Å². The third-order valence-corrected chi connectivity index (χ3v) is 3.64. The summed E-state index contributed by atoms with van der Waals surface area (Å²) >= 11 is 3.16. The van der Waals surface area contributed by atoms with Crippen LogP contribution in [0.4, 0.5) is 5.13 Å². The van der Waals surface area contributed by atoms with E-state index in [1.165, 1.54) is 28.1 Å². The van der Waals surface area contributed by atoms with Gasteiger partial charge in [0.1, 0.15) is 0 Å². The van der Waals surface area contributed by atoms with E-state index in [4.69, 9.17) is 0 Å². The van der Waals surface area contributed by atoms with Gasteiger partial charge in [0, 0.05) is 24.1 Å². The molecule has 16 heavy (non-hydrogen) atoms. The van der Waals surface area contributed by atoms with Gasteiger partial charge in [-0.3, -0.25) is 4.79 Å². The smallest absolute Gasteiger partial charge is 0.275 e. The highest BCUT2D eigenvalue weighted by molar-refractivity contribution is 7.98. The van der Waals surface area contributed by atoms with Crippen LogP contribution in [0.3, 0.4) is 0 Å². The summed E-state index contributed by atoms with van der Waals surface area (Å²) in [6.07, 6.45) is 3.56. The number of nitrogens with one attached hydrogen (secondary N) is 1. The summed E-state index contributed by atoms with van der Waals surface area (Å²) in [6, 6.07) is 1.73. The summed E-state index contributed by atoms with van der Waals surface area (Å²) in [7, 11) is 0. The van der Waals surface area contributed by atoms with Gasteiger partial charge in [-0.25, -0.2) is 4.98 Å². The molecule has 2 aromatic rings. The fourth-order valence-electron chi connectivity index (χ4n) is 1.30. The van der Waals surface area contributed by atoms with Gasteiger partial charge in [-0.05, 0) is 13.2 Å². The molecule has 2 aromatic heterocycles. The molecule has 1 atom stereocenters. The number of nitrogens with zero attached hydrogens (tertiary/aromatic N) is 3.